The zero-order valence-electron chi connectivity index (χ0n) is 11.6. The van der Waals surface area contributed by atoms with Gasteiger partial charge in [-0.05, 0) is 19.8 Å². The molecule has 2 atom stereocenters. The van der Waals surface area contributed by atoms with Crippen molar-refractivity contribution in [2.45, 2.75) is 51.4 Å². The monoisotopic (exact) mass is 266 g/mol. The highest BCUT2D eigenvalue weighted by molar-refractivity contribution is 8.14. The maximum Gasteiger partial charge on any atom is 0.157 e. The van der Waals surface area contributed by atoms with E-state index in [1.165, 1.54) is 12.0 Å². The molecule has 100 valence electrons. The van der Waals surface area contributed by atoms with Gasteiger partial charge in [-0.2, -0.15) is 5.10 Å². The minimum absolute atomic E-state index is 0.527. The maximum atomic E-state index is 4.69. The Hall–Kier alpha value is -0.970. The predicted molar refractivity (Wildman–Crippen MR) is 78.0 cm³/mol. The molecule has 5 heteroatoms. The van der Waals surface area contributed by atoms with E-state index in [0.717, 1.165) is 23.8 Å². The van der Waals surface area contributed by atoms with E-state index in [4.69, 9.17) is 4.99 Å². The first-order valence-electron chi connectivity index (χ1n) is 6.57. The quantitative estimate of drug-likeness (QED) is 0.913. The fraction of sp³-hybridized carbons (Fsp3) is 0.692. The largest absolute Gasteiger partial charge is 0.362 e. The van der Waals surface area contributed by atoms with Crippen molar-refractivity contribution in [3.63, 3.8) is 0 Å². The van der Waals surface area contributed by atoms with Crippen molar-refractivity contribution in [3.05, 3.63) is 17.5 Å². The van der Waals surface area contributed by atoms with E-state index in [1.54, 1.807) is 0 Å². The van der Waals surface area contributed by atoms with E-state index in [2.05, 4.69) is 37.4 Å². The number of aliphatic imine (C=N–C) groups is 1. The summed E-state index contributed by atoms with van der Waals surface area (Å²) in [7, 11) is 1.97. The van der Waals surface area contributed by atoms with E-state index < -0.39 is 0 Å². The highest BCUT2D eigenvalue weighted by atomic mass is 32.2. The van der Waals surface area contributed by atoms with Gasteiger partial charge in [0.15, 0.2) is 5.17 Å². The third-order valence-electron chi connectivity index (χ3n) is 3.09. The fourth-order valence-electron chi connectivity index (χ4n) is 2.29. The van der Waals surface area contributed by atoms with Crippen molar-refractivity contribution in [3.8, 4) is 0 Å². The van der Waals surface area contributed by atoms with Crippen molar-refractivity contribution in [2.24, 2.45) is 12.0 Å². The normalized spacial score (nSPS) is 26.3. The van der Waals surface area contributed by atoms with Crippen LogP contribution in [-0.2, 0) is 20.0 Å². The summed E-state index contributed by atoms with van der Waals surface area (Å²) in [6.07, 6.45) is 4.24. The van der Waals surface area contributed by atoms with Crippen LogP contribution in [0.1, 0.15) is 38.4 Å². The minimum atomic E-state index is 0.527. The number of rotatable bonds is 3. The van der Waals surface area contributed by atoms with Gasteiger partial charge >= 0.3 is 0 Å². The molecule has 1 saturated heterocycles. The Morgan fingerprint density at radius 3 is 3.00 bits per heavy atom. The van der Waals surface area contributed by atoms with Crippen LogP contribution in [0, 0.1) is 0 Å². The summed E-state index contributed by atoms with van der Waals surface area (Å²) in [6, 6.07) is 0.527. The average molecular weight is 266 g/mol. The van der Waals surface area contributed by atoms with Crippen LogP contribution in [-0.4, -0.2) is 26.2 Å². The topological polar surface area (TPSA) is 42.2 Å². The molecule has 0 aromatic carbocycles. The summed E-state index contributed by atoms with van der Waals surface area (Å²) in [5.41, 5.74) is 2.39. The lowest BCUT2D eigenvalue weighted by atomic mass is 10.2. The number of nitrogens with zero attached hydrogens (tertiary/aromatic N) is 3. The molecule has 1 fully saturated rings. The SMILES string of the molecule is CCc1nn(C)cc1CN=C1NC(C)CC(C)S1. The Kier molecular flexibility index (Phi) is 4.32. The van der Waals surface area contributed by atoms with Crippen LogP contribution in [0.25, 0.3) is 0 Å². The zero-order chi connectivity index (χ0) is 13.1. The van der Waals surface area contributed by atoms with Crippen LogP contribution < -0.4 is 5.32 Å². The maximum absolute atomic E-state index is 4.69. The number of aromatic nitrogens is 2. The molecule has 0 bridgehead atoms. The van der Waals surface area contributed by atoms with Gasteiger partial charge in [-0.15, -0.1) is 0 Å². The molecule has 1 N–H and O–H groups in total. The molecule has 0 radical (unpaired) electrons. The van der Waals surface area contributed by atoms with Gasteiger partial charge in [-0.25, -0.2) is 0 Å². The number of amidine groups is 1. The van der Waals surface area contributed by atoms with Gasteiger partial charge in [0.05, 0.1) is 12.2 Å². The molecule has 18 heavy (non-hydrogen) atoms. The Balaban J connectivity index is 2.05. The number of thioether (sulfide) groups is 1. The molecular weight excluding hydrogens is 244 g/mol. The van der Waals surface area contributed by atoms with Crippen LogP contribution in [0.4, 0.5) is 0 Å². The van der Waals surface area contributed by atoms with E-state index in [9.17, 15) is 0 Å². The number of nitrogens with one attached hydrogen (secondary N) is 1. The number of hydrogen-bond donors (Lipinski definition) is 1. The molecule has 1 aromatic rings. The first-order valence-corrected chi connectivity index (χ1v) is 7.45. The lowest BCUT2D eigenvalue weighted by Crippen LogP contribution is -2.38. The lowest BCUT2D eigenvalue weighted by molar-refractivity contribution is 0.597. The number of aryl methyl sites for hydroxylation is 2. The summed E-state index contributed by atoms with van der Waals surface area (Å²) < 4.78 is 1.88. The van der Waals surface area contributed by atoms with Gasteiger partial charge in [-0.3, -0.25) is 9.67 Å². The molecular formula is C13H22N4S. The first kappa shape index (κ1) is 13.5. The van der Waals surface area contributed by atoms with Crippen LogP contribution in [0.3, 0.4) is 0 Å². The summed E-state index contributed by atoms with van der Waals surface area (Å²) in [6.45, 7) is 7.34. The smallest absolute Gasteiger partial charge is 0.157 e. The summed E-state index contributed by atoms with van der Waals surface area (Å²) in [5, 5.41) is 9.62. The van der Waals surface area contributed by atoms with Crippen molar-refractivity contribution in [1.29, 1.82) is 0 Å². The molecule has 2 unspecified atom stereocenters. The fourth-order valence-corrected chi connectivity index (χ4v) is 3.47. The molecule has 1 aromatic heterocycles. The van der Waals surface area contributed by atoms with Crippen LogP contribution in [0.15, 0.2) is 11.2 Å². The highest BCUT2D eigenvalue weighted by Crippen LogP contribution is 2.22. The summed E-state index contributed by atoms with van der Waals surface area (Å²) in [5.74, 6) is 0. The molecule has 0 amide bonds. The second-order valence-electron chi connectivity index (χ2n) is 4.96. The van der Waals surface area contributed by atoms with Gasteiger partial charge in [0.1, 0.15) is 0 Å². The zero-order valence-corrected chi connectivity index (χ0v) is 12.4. The highest BCUT2D eigenvalue weighted by Gasteiger charge is 2.19. The molecule has 0 spiro atoms. The van der Waals surface area contributed by atoms with E-state index >= 15 is 0 Å². The Morgan fingerprint density at radius 1 is 1.56 bits per heavy atom. The predicted octanol–water partition coefficient (Wildman–Crippen LogP) is 2.34. The Bertz CT molecular complexity index is 426. The Labute approximate surface area is 113 Å². The number of hydrogen-bond acceptors (Lipinski definition) is 3. The summed E-state index contributed by atoms with van der Waals surface area (Å²) in [4.78, 5) is 4.69. The second-order valence-corrected chi connectivity index (χ2v) is 6.39. The molecule has 4 nitrogen and oxygen atoms in total. The van der Waals surface area contributed by atoms with Crippen LogP contribution in [0.5, 0.6) is 0 Å². The van der Waals surface area contributed by atoms with Crippen molar-refractivity contribution in [1.82, 2.24) is 15.1 Å². The van der Waals surface area contributed by atoms with Gasteiger partial charge < -0.3 is 5.32 Å². The van der Waals surface area contributed by atoms with Gasteiger partial charge in [0, 0.05) is 30.1 Å². The molecule has 2 rings (SSSR count). The molecule has 1 aliphatic rings. The second kappa shape index (κ2) is 5.78. The third-order valence-corrected chi connectivity index (χ3v) is 4.15. The van der Waals surface area contributed by atoms with E-state index in [0.29, 0.717) is 11.3 Å². The minimum Gasteiger partial charge on any atom is -0.362 e. The lowest BCUT2D eigenvalue weighted by Gasteiger charge is -2.26. The first-order chi connectivity index (χ1) is 8.58. The van der Waals surface area contributed by atoms with Crippen molar-refractivity contribution >= 4 is 16.9 Å². The third kappa shape index (κ3) is 3.28. The van der Waals surface area contributed by atoms with E-state index in [1.807, 2.05) is 23.5 Å². The Morgan fingerprint density at radius 2 is 2.33 bits per heavy atom. The average Bonchev–Trinajstić information content (AvgIpc) is 2.66. The van der Waals surface area contributed by atoms with Gasteiger partial charge in [0.25, 0.3) is 0 Å². The van der Waals surface area contributed by atoms with Crippen LogP contribution in [0.2, 0.25) is 0 Å². The van der Waals surface area contributed by atoms with Crippen LogP contribution >= 0.6 is 11.8 Å². The van der Waals surface area contributed by atoms with E-state index in [-0.39, 0.29) is 0 Å². The standard InChI is InChI=1S/C13H22N4S/c1-5-12-11(8-17(4)16-12)7-14-13-15-9(2)6-10(3)18-13/h8-10H,5-7H2,1-4H3,(H,14,15). The summed E-state index contributed by atoms with van der Waals surface area (Å²) >= 11 is 1.84. The van der Waals surface area contributed by atoms with Gasteiger partial charge in [0.2, 0.25) is 0 Å². The molecule has 1 aliphatic heterocycles. The molecule has 0 aliphatic carbocycles. The van der Waals surface area contributed by atoms with Crippen molar-refractivity contribution in [2.75, 3.05) is 0 Å². The molecule has 0 saturated carbocycles. The van der Waals surface area contributed by atoms with Crippen molar-refractivity contribution < 1.29 is 0 Å². The van der Waals surface area contributed by atoms with Gasteiger partial charge in [-0.1, -0.05) is 25.6 Å². The molecule has 2 heterocycles.